The maximum absolute atomic E-state index is 14.0. The monoisotopic (exact) mass is 509 g/mol. The minimum absolute atomic E-state index is 0.128. The number of anilines is 1. The van der Waals surface area contributed by atoms with Crippen LogP contribution in [0.2, 0.25) is 0 Å². The average molecular weight is 509 g/mol. The molecule has 0 saturated heterocycles. The van der Waals surface area contributed by atoms with Crippen molar-refractivity contribution in [1.82, 2.24) is 19.1 Å². The zero-order chi connectivity index (χ0) is 25.5. The van der Waals surface area contributed by atoms with Gasteiger partial charge in [-0.3, -0.25) is 23.7 Å². The Morgan fingerprint density at radius 1 is 1.17 bits per heavy atom. The Kier molecular flexibility index (Phi) is 6.15. The lowest BCUT2D eigenvalue weighted by Gasteiger charge is -2.10. The van der Waals surface area contributed by atoms with Gasteiger partial charge in [0.15, 0.2) is 16.7 Å². The standard InChI is InChI=1S/C21H15F4N5O4S/c1-29-14-5-6-26-12(17(14)18(32)30(2)20(29)33)8-16(31)28-19-27-13(9-35-19)10-3-4-15(11(22)7-10)34-21(23,24)25/h3-7,9H,8H2,1-2H3,(H,27,28,31). The third-order valence-electron chi connectivity index (χ3n) is 4.99. The summed E-state index contributed by atoms with van der Waals surface area (Å²) in [5.74, 6) is -2.76. The van der Waals surface area contributed by atoms with Crippen LogP contribution in [0.5, 0.6) is 5.75 Å². The molecule has 0 saturated carbocycles. The summed E-state index contributed by atoms with van der Waals surface area (Å²) in [7, 11) is 2.82. The van der Waals surface area contributed by atoms with Gasteiger partial charge in [-0.2, -0.15) is 0 Å². The van der Waals surface area contributed by atoms with Crippen molar-refractivity contribution < 1.29 is 27.1 Å². The Hall–Kier alpha value is -4.07. The topological polar surface area (TPSA) is 108 Å². The van der Waals surface area contributed by atoms with Gasteiger partial charge in [0.25, 0.3) is 5.56 Å². The number of carbonyl (C=O) groups is 1. The molecule has 0 atom stereocenters. The molecule has 0 aliphatic carbocycles. The van der Waals surface area contributed by atoms with Crippen LogP contribution >= 0.6 is 11.3 Å². The number of aryl methyl sites for hydroxylation is 1. The number of carbonyl (C=O) groups excluding carboxylic acids is 1. The van der Waals surface area contributed by atoms with Crippen LogP contribution in [0.15, 0.2) is 45.4 Å². The predicted octanol–water partition coefficient (Wildman–Crippen LogP) is 2.97. The first-order valence-electron chi connectivity index (χ1n) is 9.79. The van der Waals surface area contributed by atoms with Gasteiger partial charge in [-0.1, -0.05) is 0 Å². The lowest BCUT2D eigenvalue weighted by atomic mass is 10.1. The SMILES string of the molecule is Cn1c(=O)c2c(CC(=O)Nc3nc(-c4ccc(OC(F)(F)F)c(F)c4)cs3)nccc2n(C)c1=O. The smallest absolute Gasteiger partial charge is 0.403 e. The molecule has 182 valence electrons. The summed E-state index contributed by atoms with van der Waals surface area (Å²) in [6.45, 7) is 0. The number of pyridine rings is 1. The molecule has 3 aromatic heterocycles. The molecule has 0 spiro atoms. The molecule has 3 heterocycles. The lowest BCUT2D eigenvalue weighted by molar-refractivity contribution is -0.275. The number of rotatable bonds is 5. The summed E-state index contributed by atoms with van der Waals surface area (Å²) in [6.07, 6.45) is -3.94. The van der Waals surface area contributed by atoms with E-state index in [1.165, 1.54) is 42.4 Å². The number of hydrogen-bond donors (Lipinski definition) is 1. The fourth-order valence-corrected chi connectivity index (χ4v) is 4.11. The molecule has 0 fully saturated rings. The van der Waals surface area contributed by atoms with Gasteiger partial charge in [-0.05, 0) is 24.3 Å². The highest BCUT2D eigenvalue weighted by Gasteiger charge is 2.32. The largest absolute Gasteiger partial charge is 0.573 e. The van der Waals surface area contributed by atoms with E-state index in [-0.39, 0.29) is 33.9 Å². The van der Waals surface area contributed by atoms with Crippen molar-refractivity contribution in [1.29, 1.82) is 0 Å². The number of benzene rings is 1. The summed E-state index contributed by atoms with van der Waals surface area (Å²) in [5, 5.41) is 4.30. The number of hydrogen-bond acceptors (Lipinski definition) is 7. The molecule has 35 heavy (non-hydrogen) atoms. The van der Waals surface area contributed by atoms with Crippen LogP contribution in [0, 0.1) is 5.82 Å². The maximum atomic E-state index is 14.0. The molecule has 1 amide bonds. The van der Waals surface area contributed by atoms with Crippen LogP contribution in [-0.2, 0) is 25.3 Å². The number of nitrogens with zero attached hydrogens (tertiary/aromatic N) is 4. The zero-order valence-electron chi connectivity index (χ0n) is 18.0. The van der Waals surface area contributed by atoms with Crippen molar-refractivity contribution in [2.45, 2.75) is 12.8 Å². The first-order valence-corrected chi connectivity index (χ1v) is 10.7. The molecule has 0 bridgehead atoms. The Morgan fingerprint density at radius 2 is 1.91 bits per heavy atom. The number of ether oxygens (including phenoxy) is 1. The molecule has 4 aromatic rings. The highest BCUT2D eigenvalue weighted by molar-refractivity contribution is 7.14. The third kappa shape index (κ3) is 4.91. The molecule has 0 unspecified atom stereocenters. The number of nitrogens with one attached hydrogen (secondary N) is 1. The van der Waals surface area contributed by atoms with Gasteiger partial charge in [0, 0.05) is 31.2 Å². The van der Waals surface area contributed by atoms with Gasteiger partial charge in [-0.15, -0.1) is 24.5 Å². The van der Waals surface area contributed by atoms with Gasteiger partial charge >= 0.3 is 12.1 Å². The third-order valence-corrected chi connectivity index (χ3v) is 5.75. The second-order valence-electron chi connectivity index (χ2n) is 7.31. The van der Waals surface area contributed by atoms with E-state index in [0.717, 1.165) is 28.0 Å². The second kappa shape index (κ2) is 8.94. The first kappa shape index (κ1) is 24.1. The summed E-state index contributed by atoms with van der Waals surface area (Å²) >= 11 is 1.01. The molecule has 4 rings (SSSR count). The van der Waals surface area contributed by atoms with Crippen LogP contribution in [-0.4, -0.2) is 31.4 Å². The van der Waals surface area contributed by atoms with Crippen LogP contribution in [0.1, 0.15) is 5.69 Å². The summed E-state index contributed by atoms with van der Waals surface area (Å²) in [4.78, 5) is 45.6. The highest BCUT2D eigenvalue weighted by atomic mass is 32.1. The van der Waals surface area contributed by atoms with Crippen molar-refractivity contribution in [3.8, 4) is 17.0 Å². The van der Waals surface area contributed by atoms with Gasteiger partial charge in [0.05, 0.1) is 28.7 Å². The Bertz CT molecular complexity index is 1570. The van der Waals surface area contributed by atoms with Crippen LogP contribution in [0.4, 0.5) is 22.7 Å². The van der Waals surface area contributed by atoms with E-state index in [0.29, 0.717) is 5.52 Å². The number of fused-ring (bicyclic) bond motifs is 1. The Morgan fingerprint density at radius 3 is 2.60 bits per heavy atom. The number of halogens is 4. The normalized spacial score (nSPS) is 11.6. The van der Waals surface area contributed by atoms with Crippen LogP contribution in [0.25, 0.3) is 22.2 Å². The Balaban J connectivity index is 1.54. The fourth-order valence-electron chi connectivity index (χ4n) is 3.37. The number of alkyl halides is 3. The van der Waals surface area contributed by atoms with Gasteiger partial charge in [0.2, 0.25) is 5.91 Å². The lowest BCUT2D eigenvalue weighted by Crippen LogP contribution is -2.37. The first-order chi connectivity index (χ1) is 16.4. The van der Waals surface area contributed by atoms with Crippen molar-refractivity contribution in [3.63, 3.8) is 0 Å². The quantitative estimate of drug-likeness (QED) is 0.415. The zero-order valence-corrected chi connectivity index (χ0v) is 18.8. The number of thiazole rings is 1. The molecule has 1 aromatic carbocycles. The molecular formula is C21H15F4N5O4S. The average Bonchev–Trinajstić information content (AvgIpc) is 3.24. The molecule has 0 aliphatic heterocycles. The number of aromatic nitrogens is 4. The van der Waals surface area contributed by atoms with E-state index in [2.05, 4.69) is 20.0 Å². The van der Waals surface area contributed by atoms with Crippen LogP contribution < -0.4 is 21.3 Å². The van der Waals surface area contributed by atoms with Crippen molar-refractivity contribution in [2.75, 3.05) is 5.32 Å². The van der Waals surface area contributed by atoms with Gasteiger partial charge < -0.3 is 10.1 Å². The number of amides is 1. The predicted molar refractivity (Wildman–Crippen MR) is 119 cm³/mol. The molecule has 9 nitrogen and oxygen atoms in total. The van der Waals surface area contributed by atoms with E-state index >= 15 is 0 Å². The second-order valence-corrected chi connectivity index (χ2v) is 8.17. The molecule has 1 N–H and O–H groups in total. The summed E-state index contributed by atoms with van der Waals surface area (Å²) in [5.41, 5.74) is -0.226. The molecule has 0 aliphatic rings. The van der Waals surface area contributed by atoms with E-state index in [9.17, 15) is 31.9 Å². The Labute approximate surface area is 197 Å². The summed E-state index contributed by atoms with van der Waals surface area (Å²) in [6, 6.07) is 4.36. The highest BCUT2D eigenvalue weighted by Crippen LogP contribution is 2.31. The van der Waals surface area contributed by atoms with E-state index in [1.54, 1.807) is 0 Å². The van der Waals surface area contributed by atoms with Crippen molar-refractivity contribution in [3.05, 3.63) is 68.2 Å². The van der Waals surface area contributed by atoms with Gasteiger partial charge in [-0.25, -0.2) is 14.2 Å². The summed E-state index contributed by atoms with van der Waals surface area (Å²) < 4.78 is 56.7. The van der Waals surface area contributed by atoms with Gasteiger partial charge in [0.1, 0.15) is 0 Å². The molecule has 14 heteroatoms. The van der Waals surface area contributed by atoms with E-state index < -0.39 is 35.1 Å². The minimum Gasteiger partial charge on any atom is -0.403 e. The van der Waals surface area contributed by atoms with Crippen molar-refractivity contribution in [2.24, 2.45) is 14.1 Å². The fraction of sp³-hybridized carbons (Fsp3) is 0.190. The molecular weight excluding hydrogens is 494 g/mol. The van der Waals surface area contributed by atoms with Crippen molar-refractivity contribution >= 4 is 33.3 Å². The molecule has 0 radical (unpaired) electrons. The van der Waals surface area contributed by atoms with Crippen LogP contribution in [0.3, 0.4) is 0 Å². The van der Waals surface area contributed by atoms with E-state index in [4.69, 9.17) is 0 Å². The minimum atomic E-state index is -5.03. The van der Waals surface area contributed by atoms with E-state index in [1.807, 2.05) is 0 Å². The maximum Gasteiger partial charge on any atom is 0.573 e.